The van der Waals surface area contributed by atoms with E-state index >= 15 is 0 Å². The van der Waals surface area contributed by atoms with Crippen molar-refractivity contribution in [3.63, 3.8) is 0 Å². The van der Waals surface area contributed by atoms with Gasteiger partial charge in [0, 0.05) is 23.2 Å². The van der Waals surface area contributed by atoms with E-state index in [0.717, 1.165) is 27.3 Å². The largest absolute Gasteiger partial charge is 0.430 e. The first-order valence-corrected chi connectivity index (χ1v) is 15.5. The fraction of sp³-hybridized carbons (Fsp3) is 0.379. The van der Waals surface area contributed by atoms with Crippen molar-refractivity contribution >= 4 is 56.2 Å². The minimum atomic E-state index is 0.138. The summed E-state index contributed by atoms with van der Waals surface area (Å²) in [4.78, 5) is 18.1. The van der Waals surface area contributed by atoms with Gasteiger partial charge in [0.15, 0.2) is 11.4 Å². The minimum absolute atomic E-state index is 0.138. The Hall–Kier alpha value is -1.89. The number of thioether (sulfide) groups is 3. The fourth-order valence-electron chi connectivity index (χ4n) is 4.48. The molecule has 0 radical (unpaired) electrons. The Bertz CT molecular complexity index is 1120. The van der Waals surface area contributed by atoms with E-state index in [2.05, 4.69) is 85.7 Å². The molecule has 0 aliphatic carbocycles. The van der Waals surface area contributed by atoms with Crippen molar-refractivity contribution in [1.29, 1.82) is 0 Å². The zero-order chi connectivity index (χ0) is 24.6. The summed E-state index contributed by atoms with van der Waals surface area (Å²) in [6, 6.07) is 21.3. The van der Waals surface area contributed by atoms with E-state index < -0.39 is 0 Å². The number of nitrogens with zero attached hydrogens (tertiary/aromatic N) is 2. The number of amides is 1. The molecule has 184 valence electrons. The third-order valence-corrected chi connectivity index (χ3v) is 9.95. The van der Waals surface area contributed by atoms with Crippen LogP contribution in [0.15, 0.2) is 70.6 Å². The van der Waals surface area contributed by atoms with Crippen LogP contribution >= 0.6 is 35.3 Å². The maximum absolute atomic E-state index is 13.5. The average molecular weight is 524 g/mol. The Morgan fingerprint density at radius 2 is 1.43 bits per heavy atom. The number of carbonyl (C=O) groups excluding carboxylic acids is 1. The number of hydrogen-bond acceptors (Lipinski definition) is 5. The number of carbonyl (C=O) groups is 1. The van der Waals surface area contributed by atoms with Gasteiger partial charge in [-0.15, -0.1) is 4.58 Å². The summed E-state index contributed by atoms with van der Waals surface area (Å²) in [5, 5.41) is 1.09. The monoisotopic (exact) mass is 523 g/mol. The second-order valence-electron chi connectivity index (χ2n) is 8.69. The second-order valence-corrected chi connectivity index (χ2v) is 11.7. The summed E-state index contributed by atoms with van der Waals surface area (Å²) < 4.78 is 3.00. The molecule has 0 saturated carbocycles. The fourth-order valence-corrected chi connectivity index (χ4v) is 7.88. The lowest BCUT2D eigenvalue weighted by atomic mass is 10.1. The predicted molar refractivity (Wildman–Crippen MR) is 156 cm³/mol. The van der Waals surface area contributed by atoms with Crippen LogP contribution in [0.25, 0.3) is 10.6 Å². The summed E-state index contributed by atoms with van der Waals surface area (Å²) in [5.41, 5.74) is 3.64. The number of benzene rings is 2. The van der Waals surface area contributed by atoms with Crippen molar-refractivity contribution in [1.82, 2.24) is 4.90 Å². The van der Waals surface area contributed by atoms with Gasteiger partial charge in [0.1, 0.15) is 5.03 Å². The standard InChI is InChI=1S/C29H35N2OS3/c1-4-6-7-8-9-16-21-31-24(22-17-12-10-13-18-22)25(23-19-14-11-15-20-23)34-28(31)26-27(32)30(5-2)29(33-3)35-26/h10-15,17-20H,4-9,16,21H2,1-3H3/q+1. The number of likely N-dealkylation sites (N-methyl/N-ethyl adjacent to an activating group) is 1. The second kappa shape index (κ2) is 12.9. The number of unbranched alkanes of at least 4 members (excludes halogenated alkanes) is 5. The van der Waals surface area contributed by atoms with Crippen LogP contribution in [0.1, 0.15) is 63.5 Å². The van der Waals surface area contributed by atoms with Crippen LogP contribution in [0, 0.1) is 0 Å². The summed E-state index contributed by atoms with van der Waals surface area (Å²) in [5.74, 6) is 0.138. The van der Waals surface area contributed by atoms with E-state index in [0.29, 0.717) is 6.54 Å². The highest BCUT2D eigenvalue weighted by Gasteiger charge is 2.43. The average Bonchev–Trinajstić information content (AvgIpc) is 3.44. The third-order valence-electron chi connectivity index (χ3n) is 6.28. The minimum Gasteiger partial charge on any atom is -0.333 e. The van der Waals surface area contributed by atoms with Crippen LogP contribution in [-0.2, 0) is 4.79 Å². The van der Waals surface area contributed by atoms with Crippen LogP contribution in [0.4, 0.5) is 0 Å². The molecule has 0 bridgehead atoms. The maximum atomic E-state index is 13.5. The van der Waals surface area contributed by atoms with Gasteiger partial charge in [-0.2, -0.15) is 0 Å². The molecule has 2 aliphatic rings. The van der Waals surface area contributed by atoms with Crippen molar-refractivity contribution in [2.45, 2.75) is 52.4 Å². The molecule has 2 aliphatic heterocycles. The summed E-state index contributed by atoms with van der Waals surface area (Å²) in [6.07, 6.45) is 9.56. The topological polar surface area (TPSA) is 23.3 Å². The Balaban J connectivity index is 1.75. The molecule has 1 amide bonds. The summed E-state index contributed by atoms with van der Waals surface area (Å²) in [7, 11) is 0. The molecule has 2 heterocycles. The van der Waals surface area contributed by atoms with Crippen LogP contribution in [0.5, 0.6) is 0 Å². The van der Waals surface area contributed by atoms with Crippen LogP contribution in [0.3, 0.4) is 0 Å². The van der Waals surface area contributed by atoms with Gasteiger partial charge in [-0.05, 0) is 30.7 Å². The van der Waals surface area contributed by atoms with Gasteiger partial charge >= 0.3 is 5.91 Å². The van der Waals surface area contributed by atoms with E-state index in [-0.39, 0.29) is 5.91 Å². The van der Waals surface area contributed by atoms with Crippen LogP contribution in [-0.4, -0.2) is 39.1 Å². The first-order chi connectivity index (χ1) is 17.2. The molecule has 3 nitrogen and oxygen atoms in total. The smallest absolute Gasteiger partial charge is 0.333 e. The van der Waals surface area contributed by atoms with Crippen molar-refractivity contribution in [3.05, 3.63) is 81.7 Å². The van der Waals surface area contributed by atoms with Crippen molar-refractivity contribution in [2.75, 3.05) is 19.3 Å². The molecule has 6 heteroatoms. The zero-order valence-corrected chi connectivity index (χ0v) is 23.4. The van der Waals surface area contributed by atoms with Gasteiger partial charge in [0.2, 0.25) is 0 Å². The Morgan fingerprint density at radius 3 is 2.03 bits per heavy atom. The van der Waals surface area contributed by atoms with Crippen LogP contribution < -0.4 is 0 Å². The van der Waals surface area contributed by atoms with E-state index in [1.165, 1.54) is 53.8 Å². The van der Waals surface area contributed by atoms with E-state index in [1.807, 2.05) is 4.58 Å². The molecule has 2 aromatic rings. The molecule has 0 unspecified atom stereocenters. The molecule has 0 atom stereocenters. The highest BCUT2D eigenvalue weighted by atomic mass is 32.2. The Kier molecular flexibility index (Phi) is 9.64. The molecule has 0 aromatic heterocycles. The number of rotatable bonds is 10. The van der Waals surface area contributed by atoms with Crippen molar-refractivity contribution in [3.8, 4) is 0 Å². The zero-order valence-electron chi connectivity index (χ0n) is 21.0. The quantitative estimate of drug-likeness (QED) is 0.178. The normalized spacial score (nSPS) is 18.4. The maximum Gasteiger partial charge on any atom is 0.430 e. The first kappa shape index (κ1) is 26.2. The van der Waals surface area contributed by atoms with Gasteiger partial charge in [0.25, 0.3) is 4.38 Å². The summed E-state index contributed by atoms with van der Waals surface area (Å²) >= 11 is 5.08. The van der Waals surface area contributed by atoms with Gasteiger partial charge < -0.3 is 4.90 Å². The molecule has 2 aromatic carbocycles. The van der Waals surface area contributed by atoms with E-state index in [4.69, 9.17) is 0 Å². The van der Waals surface area contributed by atoms with Gasteiger partial charge in [-0.3, -0.25) is 0 Å². The molecule has 0 saturated heterocycles. The molecule has 4 rings (SSSR count). The molecule has 0 spiro atoms. The predicted octanol–water partition coefficient (Wildman–Crippen LogP) is 8.12. The van der Waals surface area contributed by atoms with Gasteiger partial charge in [-0.1, -0.05) is 123 Å². The number of hydrogen-bond donors (Lipinski definition) is 0. The lowest BCUT2D eigenvalue weighted by Crippen LogP contribution is -2.23. The van der Waals surface area contributed by atoms with Gasteiger partial charge in [-0.25, -0.2) is 4.79 Å². The molecular formula is C29H35N2OS3+. The first-order valence-electron chi connectivity index (χ1n) is 12.6. The van der Waals surface area contributed by atoms with Crippen molar-refractivity contribution < 1.29 is 9.37 Å². The molecular weight excluding hydrogens is 489 g/mol. The van der Waals surface area contributed by atoms with Crippen molar-refractivity contribution in [2.24, 2.45) is 0 Å². The molecule has 35 heavy (non-hydrogen) atoms. The Morgan fingerprint density at radius 1 is 0.800 bits per heavy atom. The van der Waals surface area contributed by atoms with Crippen LogP contribution in [0.2, 0.25) is 0 Å². The highest BCUT2D eigenvalue weighted by Crippen LogP contribution is 2.54. The lowest BCUT2D eigenvalue weighted by molar-refractivity contribution is -0.433. The van der Waals surface area contributed by atoms with Gasteiger partial charge in [0.05, 0.1) is 5.70 Å². The van der Waals surface area contributed by atoms with E-state index in [1.54, 1.807) is 35.3 Å². The Labute approximate surface area is 223 Å². The molecule has 0 N–H and O–H groups in total. The lowest BCUT2D eigenvalue weighted by Gasteiger charge is -2.24. The SMILES string of the molecule is CCCCCCCCN1C(=C2SC(SC)=[N+](CC)C2=O)SC(c2ccccc2)=C1c1ccccc1. The summed E-state index contributed by atoms with van der Waals surface area (Å²) in [6.45, 7) is 5.94. The highest BCUT2D eigenvalue weighted by molar-refractivity contribution is 8.40. The third kappa shape index (κ3) is 5.92. The van der Waals surface area contributed by atoms with E-state index in [9.17, 15) is 4.79 Å². The molecule has 0 fully saturated rings.